The number of quaternary nitrogens is 1. The molecule has 0 spiro atoms. The van der Waals surface area contributed by atoms with Crippen LogP contribution in [0.1, 0.15) is 13.8 Å². The summed E-state index contributed by atoms with van der Waals surface area (Å²) in [4.78, 5) is 1.49. The zero-order valence-corrected chi connectivity index (χ0v) is 12.4. The minimum Gasteiger partial charge on any atom is -0.335 e. The molecular formula is C10H27N3O2P+. The van der Waals surface area contributed by atoms with Crippen LogP contribution < -0.4 is 4.90 Å². The third kappa shape index (κ3) is 3.82. The Labute approximate surface area is 99.9 Å². The molecule has 0 radical (unpaired) electrons. The molecule has 1 rings (SSSR count). The molecule has 0 aromatic rings. The van der Waals surface area contributed by atoms with E-state index in [9.17, 15) is 4.57 Å². The minimum absolute atomic E-state index is 0.842. The molecule has 1 N–H and O–H groups in total. The number of hydrogen-bond donors (Lipinski definition) is 1. The van der Waals surface area contributed by atoms with E-state index in [1.54, 1.807) is 18.8 Å². The second-order valence-corrected chi connectivity index (χ2v) is 6.64. The molecule has 1 saturated heterocycles. The molecule has 0 saturated carbocycles. The van der Waals surface area contributed by atoms with Crippen molar-refractivity contribution in [1.82, 2.24) is 9.34 Å². The molecule has 1 fully saturated rings. The molecular weight excluding hydrogens is 225 g/mol. The van der Waals surface area contributed by atoms with Crippen LogP contribution in [0.3, 0.4) is 0 Å². The van der Waals surface area contributed by atoms with Crippen LogP contribution in [-0.4, -0.2) is 63.8 Å². The highest BCUT2D eigenvalue weighted by Crippen LogP contribution is 2.51. The lowest BCUT2D eigenvalue weighted by molar-refractivity contribution is -0.883. The van der Waals surface area contributed by atoms with Crippen molar-refractivity contribution in [2.24, 2.45) is 0 Å². The molecule has 1 heterocycles. The average molecular weight is 252 g/mol. The van der Waals surface area contributed by atoms with Crippen LogP contribution in [-0.2, 0) is 9.09 Å². The van der Waals surface area contributed by atoms with E-state index in [2.05, 4.69) is 7.05 Å². The van der Waals surface area contributed by atoms with Crippen molar-refractivity contribution >= 4 is 7.67 Å². The van der Waals surface area contributed by atoms with E-state index < -0.39 is 7.67 Å². The Morgan fingerprint density at radius 2 is 1.69 bits per heavy atom. The SMILES string of the molecule is CC.COP(=O)(N(C)C)N1CC[NH+](C)CC1. The zero-order chi connectivity index (χ0) is 12.8. The Morgan fingerprint density at radius 1 is 1.25 bits per heavy atom. The van der Waals surface area contributed by atoms with Gasteiger partial charge in [-0.25, -0.2) is 9.34 Å². The van der Waals surface area contributed by atoms with E-state index >= 15 is 0 Å². The molecule has 16 heavy (non-hydrogen) atoms. The molecule has 1 atom stereocenters. The Balaban J connectivity index is 0.00000106. The van der Waals surface area contributed by atoms with Crippen molar-refractivity contribution in [3.8, 4) is 0 Å². The third-order valence-electron chi connectivity index (χ3n) is 2.69. The first kappa shape index (κ1) is 16.1. The number of piperazine rings is 1. The van der Waals surface area contributed by atoms with Crippen LogP contribution in [0.2, 0.25) is 0 Å². The van der Waals surface area contributed by atoms with E-state index in [-0.39, 0.29) is 0 Å². The first-order valence-electron chi connectivity index (χ1n) is 5.91. The smallest absolute Gasteiger partial charge is 0.335 e. The summed E-state index contributed by atoms with van der Waals surface area (Å²) in [5.74, 6) is 0. The van der Waals surface area contributed by atoms with Gasteiger partial charge in [0.1, 0.15) is 0 Å². The molecule has 98 valence electrons. The lowest BCUT2D eigenvalue weighted by atomic mass is 10.4. The lowest BCUT2D eigenvalue weighted by Crippen LogP contribution is -3.11. The molecule has 1 aliphatic heterocycles. The molecule has 0 aromatic heterocycles. The topological polar surface area (TPSA) is 37.2 Å². The molecule has 6 heteroatoms. The number of hydrogen-bond acceptors (Lipinski definition) is 2. The molecule has 5 nitrogen and oxygen atoms in total. The van der Waals surface area contributed by atoms with Crippen molar-refractivity contribution in [3.63, 3.8) is 0 Å². The molecule has 1 unspecified atom stereocenters. The average Bonchev–Trinajstić information content (AvgIpc) is 2.31. The number of rotatable bonds is 3. The summed E-state index contributed by atoms with van der Waals surface area (Å²) in [5.41, 5.74) is 0. The van der Waals surface area contributed by atoms with Crippen molar-refractivity contribution in [2.75, 3.05) is 54.4 Å². The quantitative estimate of drug-likeness (QED) is 0.726. The predicted molar refractivity (Wildman–Crippen MR) is 67.8 cm³/mol. The molecule has 1 aliphatic rings. The summed E-state index contributed by atoms with van der Waals surface area (Å²) in [5, 5.41) is 0. The van der Waals surface area contributed by atoms with Crippen LogP contribution in [0.25, 0.3) is 0 Å². The van der Waals surface area contributed by atoms with Crippen LogP contribution >= 0.6 is 7.67 Å². The summed E-state index contributed by atoms with van der Waals surface area (Å²) < 4.78 is 21.2. The first-order valence-corrected chi connectivity index (χ1v) is 7.44. The lowest BCUT2D eigenvalue weighted by Gasteiger charge is -2.37. The van der Waals surface area contributed by atoms with Crippen LogP contribution in [0.5, 0.6) is 0 Å². The zero-order valence-electron chi connectivity index (χ0n) is 11.5. The Hall–Kier alpha value is 0.0700. The normalized spacial score (nSPS) is 22.4. The van der Waals surface area contributed by atoms with Crippen molar-refractivity contribution in [3.05, 3.63) is 0 Å². The maximum absolute atomic E-state index is 12.4. The minimum atomic E-state index is -2.72. The molecule has 0 aromatic carbocycles. The van der Waals surface area contributed by atoms with E-state index in [0.717, 1.165) is 26.2 Å². The van der Waals surface area contributed by atoms with Crippen molar-refractivity contribution < 1.29 is 14.0 Å². The summed E-state index contributed by atoms with van der Waals surface area (Å²) >= 11 is 0. The van der Waals surface area contributed by atoms with Crippen LogP contribution in [0.4, 0.5) is 0 Å². The van der Waals surface area contributed by atoms with Crippen LogP contribution in [0, 0.1) is 0 Å². The van der Waals surface area contributed by atoms with Gasteiger partial charge in [-0.1, -0.05) is 13.8 Å². The largest absolute Gasteiger partial charge is 0.345 e. The number of nitrogens with one attached hydrogen (secondary N) is 1. The van der Waals surface area contributed by atoms with Crippen molar-refractivity contribution in [2.45, 2.75) is 13.8 Å². The Morgan fingerprint density at radius 3 is 2.00 bits per heavy atom. The van der Waals surface area contributed by atoms with E-state index in [0.29, 0.717) is 0 Å². The summed E-state index contributed by atoms with van der Waals surface area (Å²) in [6.45, 7) is 7.74. The first-order chi connectivity index (χ1) is 7.50. The maximum Gasteiger partial charge on any atom is 0.345 e. The Kier molecular flexibility index (Phi) is 7.44. The van der Waals surface area contributed by atoms with Crippen molar-refractivity contribution in [1.29, 1.82) is 0 Å². The van der Waals surface area contributed by atoms with Gasteiger partial charge in [0.05, 0.1) is 33.2 Å². The van der Waals surface area contributed by atoms with Gasteiger partial charge < -0.3 is 9.42 Å². The van der Waals surface area contributed by atoms with Gasteiger partial charge in [-0.15, -0.1) is 0 Å². The fourth-order valence-corrected chi connectivity index (χ4v) is 3.43. The van der Waals surface area contributed by atoms with Gasteiger partial charge >= 0.3 is 7.67 Å². The van der Waals surface area contributed by atoms with Crippen LogP contribution in [0.15, 0.2) is 0 Å². The van der Waals surface area contributed by atoms with E-state index in [4.69, 9.17) is 4.52 Å². The highest BCUT2D eigenvalue weighted by atomic mass is 31.2. The number of likely N-dealkylation sites (N-methyl/N-ethyl adjacent to an activating group) is 1. The molecule has 0 amide bonds. The van der Waals surface area contributed by atoms with E-state index in [1.807, 2.05) is 18.5 Å². The predicted octanol–water partition coefficient (Wildman–Crippen LogP) is 0.159. The molecule has 0 bridgehead atoms. The summed E-state index contributed by atoms with van der Waals surface area (Å²) in [6.07, 6.45) is 0. The standard InChI is InChI=1S/C8H20N3O2P.C2H6/c1-9(2)14(12,13-4)11-7-5-10(3)6-8-11;1-2/h5-8H2,1-4H3;1-2H3/p+1. The highest BCUT2D eigenvalue weighted by Gasteiger charge is 2.36. The van der Waals surface area contributed by atoms with Gasteiger partial charge in [0.15, 0.2) is 0 Å². The van der Waals surface area contributed by atoms with Gasteiger partial charge in [0.2, 0.25) is 0 Å². The van der Waals surface area contributed by atoms with Gasteiger partial charge in [-0.05, 0) is 14.1 Å². The highest BCUT2D eigenvalue weighted by molar-refractivity contribution is 7.53. The van der Waals surface area contributed by atoms with E-state index in [1.165, 1.54) is 12.0 Å². The fraction of sp³-hybridized carbons (Fsp3) is 1.00. The van der Waals surface area contributed by atoms with Gasteiger partial charge in [-0.2, -0.15) is 0 Å². The van der Waals surface area contributed by atoms with Gasteiger partial charge in [0.25, 0.3) is 0 Å². The second-order valence-electron chi connectivity index (χ2n) is 3.93. The summed E-state index contributed by atoms with van der Waals surface area (Å²) in [7, 11) is 4.56. The Bertz CT molecular complexity index is 228. The van der Waals surface area contributed by atoms with Gasteiger partial charge in [0, 0.05) is 7.11 Å². The fourth-order valence-electron chi connectivity index (χ4n) is 1.66. The monoisotopic (exact) mass is 252 g/mol. The maximum atomic E-state index is 12.4. The number of nitrogens with zero attached hydrogens (tertiary/aromatic N) is 2. The summed E-state index contributed by atoms with van der Waals surface area (Å²) in [6, 6.07) is 0. The third-order valence-corrected chi connectivity index (χ3v) is 5.30. The van der Waals surface area contributed by atoms with Gasteiger partial charge in [-0.3, -0.25) is 4.57 Å². The molecule has 0 aliphatic carbocycles. The second kappa shape index (κ2) is 7.41.